The molecule has 0 bridgehead atoms. The molecule has 1 atom stereocenters. The van der Waals surface area contributed by atoms with Gasteiger partial charge in [-0.25, -0.2) is 0 Å². The van der Waals surface area contributed by atoms with Gasteiger partial charge in [0.15, 0.2) is 0 Å². The lowest BCUT2D eigenvalue weighted by atomic mass is 10.0. The quantitative estimate of drug-likeness (QED) is 0.845. The third-order valence-electron chi connectivity index (χ3n) is 3.16. The van der Waals surface area contributed by atoms with Crippen LogP contribution in [0.5, 0.6) is 0 Å². The minimum atomic E-state index is 0.135. The maximum atomic E-state index is 11.7. The molecule has 1 aliphatic heterocycles. The molecule has 92 valence electrons. The Morgan fingerprint density at radius 1 is 1.59 bits per heavy atom. The van der Waals surface area contributed by atoms with E-state index >= 15 is 0 Å². The van der Waals surface area contributed by atoms with Crippen molar-refractivity contribution in [3.8, 4) is 0 Å². The first-order valence-electron chi connectivity index (χ1n) is 6.09. The zero-order valence-corrected chi connectivity index (χ0v) is 10.2. The van der Waals surface area contributed by atoms with Gasteiger partial charge in [-0.15, -0.1) is 0 Å². The lowest BCUT2D eigenvalue weighted by Gasteiger charge is -2.10. The number of carbonyl (C=O) groups is 1. The van der Waals surface area contributed by atoms with Crippen LogP contribution < -0.4 is 5.32 Å². The Morgan fingerprint density at radius 2 is 2.47 bits per heavy atom. The van der Waals surface area contributed by atoms with Crippen molar-refractivity contribution < 1.29 is 4.79 Å². The standard InChI is InChI=1S/C13H19N3O/c1-16-7-5-11(10-16)8-13(17)15-9-12-4-2-3-6-14-12/h2-4,6,11H,5,7-10H2,1H3,(H,15,17). The van der Waals surface area contributed by atoms with Gasteiger partial charge in [0.05, 0.1) is 12.2 Å². The summed E-state index contributed by atoms with van der Waals surface area (Å²) in [5.74, 6) is 0.652. The van der Waals surface area contributed by atoms with Crippen molar-refractivity contribution in [3.05, 3.63) is 30.1 Å². The smallest absolute Gasteiger partial charge is 0.220 e. The number of likely N-dealkylation sites (tertiary alicyclic amines) is 1. The fourth-order valence-corrected chi connectivity index (χ4v) is 2.22. The van der Waals surface area contributed by atoms with Crippen LogP contribution >= 0.6 is 0 Å². The first-order chi connectivity index (χ1) is 8.24. The first kappa shape index (κ1) is 12.0. The molecule has 0 saturated carbocycles. The van der Waals surface area contributed by atoms with Crippen molar-refractivity contribution in [2.75, 3.05) is 20.1 Å². The molecule has 0 radical (unpaired) electrons. The van der Waals surface area contributed by atoms with Crippen LogP contribution in [0.4, 0.5) is 0 Å². The molecule has 1 saturated heterocycles. The number of carbonyl (C=O) groups excluding carboxylic acids is 1. The molecule has 2 heterocycles. The summed E-state index contributed by atoms with van der Waals surface area (Å²) in [6.45, 7) is 2.68. The highest BCUT2D eigenvalue weighted by atomic mass is 16.1. The summed E-state index contributed by atoms with van der Waals surface area (Å²) >= 11 is 0. The number of aromatic nitrogens is 1. The van der Waals surface area contributed by atoms with Crippen molar-refractivity contribution in [2.24, 2.45) is 5.92 Å². The number of nitrogens with one attached hydrogen (secondary N) is 1. The molecule has 1 aromatic heterocycles. The zero-order chi connectivity index (χ0) is 12.1. The summed E-state index contributed by atoms with van der Waals surface area (Å²) in [7, 11) is 2.10. The van der Waals surface area contributed by atoms with Crippen LogP contribution in [0, 0.1) is 5.92 Å². The minimum absolute atomic E-state index is 0.135. The normalized spacial score (nSPS) is 20.4. The Balaban J connectivity index is 1.71. The van der Waals surface area contributed by atoms with Crippen molar-refractivity contribution >= 4 is 5.91 Å². The van der Waals surface area contributed by atoms with Gasteiger partial charge in [0, 0.05) is 19.2 Å². The molecular formula is C13H19N3O. The van der Waals surface area contributed by atoms with Gasteiger partial charge in [0.2, 0.25) is 5.91 Å². The van der Waals surface area contributed by atoms with Crippen molar-refractivity contribution in [3.63, 3.8) is 0 Å². The van der Waals surface area contributed by atoms with Gasteiger partial charge in [0.1, 0.15) is 0 Å². The van der Waals surface area contributed by atoms with E-state index in [2.05, 4.69) is 22.2 Å². The molecule has 0 aromatic carbocycles. The second-order valence-corrected chi connectivity index (χ2v) is 4.72. The number of hydrogen-bond acceptors (Lipinski definition) is 3. The topological polar surface area (TPSA) is 45.2 Å². The molecule has 0 aliphatic carbocycles. The van der Waals surface area contributed by atoms with Gasteiger partial charge in [-0.05, 0) is 38.1 Å². The maximum Gasteiger partial charge on any atom is 0.220 e. The molecule has 1 unspecified atom stereocenters. The summed E-state index contributed by atoms with van der Waals surface area (Å²) < 4.78 is 0. The molecule has 1 N–H and O–H groups in total. The van der Waals surface area contributed by atoms with E-state index in [9.17, 15) is 4.79 Å². The number of amides is 1. The van der Waals surface area contributed by atoms with E-state index in [0.29, 0.717) is 18.9 Å². The monoisotopic (exact) mass is 233 g/mol. The molecular weight excluding hydrogens is 214 g/mol. The van der Waals surface area contributed by atoms with Crippen LogP contribution in [0.15, 0.2) is 24.4 Å². The third-order valence-corrected chi connectivity index (χ3v) is 3.16. The highest BCUT2D eigenvalue weighted by Crippen LogP contribution is 2.17. The number of hydrogen-bond donors (Lipinski definition) is 1. The zero-order valence-electron chi connectivity index (χ0n) is 10.2. The second-order valence-electron chi connectivity index (χ2n) is 4.72. The predicted molar refractivity (Wildman–Crippen MR) is 66.3 cm³/mol. The molecule has 4 nitrogen and oxygen atoms in total. The van der Waals surface area contributed by atoms with Gasteiger partial charge in [-0.1, -0.05) is 6.07 Å². The van der Waals surface area contributed by atoms with E-state index < -0.39 is 0 Å². The molecule has 17 heavy (non-hydrogen) atoms. The Bertz CT molecular complexity index is 366. The van der Waals surface area contributed by atoms with Gasteiger partial charge in [-0.3, -0.25) is 9.78 Å². The molecule has 1 amide bonds. The largest absolute Gasteiger partial charge is 0.350 e. The average molecular weight is 233 g/mol. The molecule has 4 heteroatoms. The summed E-state index contributed by atoms with van der Waals surface area (Å²) in [5.41, 5.74) is 0.907. The third kappa shape index (κ3) is 3.82. The predicted octanol–water partition coefficient (Wildman–Crippen LogP) is 1.04. The highest BCUT2D eigenvalue weighted by Gasteiger charge is 2.21. The first-order valence-corrected chi connectivity index (χ1v) is 6.09. The Morgan fingerprint density at radius 3 is 3.12 bits per heavy atom. The number of nitrogens with zero attached hydrogens (tertiary/aromatic N) is 2. The van der Waals surface area contributed by atoms with E-state index in [1.807, 2.05) is 18.2 Å². The van der Waals surface area contributed by atoms with Gasteiger partial charge in [0.25, 0.3) is 0 Å². The Hall–Kier alpha value is -1.42. The van der Waals surface area contributed by atoms with Crippen LogP contribution in [0.2, 0.25) is 0 Å². The minimum Gasteiger partial charge on any atom is -0.350 e. The van der Waals surface area contributed by atoms with Crippen molar-refractivity contribution in [1.82, 2.24) is 15.2 Å². The van der Waals surface area contributed by atoms with Gasteiger partial charge >= 0.3 is 0 Å². The van der Waals surface area contributed by atoms with E-state index in [1.165, 1.54) is 0 Å². The molecule has 0 spiro atoms. The van der Waals surface area contributed by atoms with Crippen LogP contribution in [0.25, 0.3) is 0 Å². The van der Waals surface area contributed by atoms with E-state index in [-0.39, 0.29) is 5.91 Å². The van der Waals surface area contributed by atoms with Crippen LogP contribution in [-0.4, -0.2) is 35.9 Å². The highest BCUT2D eigenvalue weighted by molar-refractivity contribution is 5.76. The fourth-order valence-electron chi connectivity index (χ4n) is 2.22. The van der Waals surface area contributed by atoms with Gasteiger partial charge < -0.3 is 10.2 Å². The lowest BCUT2D eigenvalue weighted by molar-refractivity contribution is -0.122. The summed E-state index contributed by atoms with van der Waals surface area (Å²) in [6, 6.07) is 5.73. The van der Waals surface area contributed by atoms with Gasteiger partial charge in [-0.2, -0.15) is 0 Å². The summed E-state index contributed by atoms with van der Waals surface area (Å²) in [5, 5.41) is 2.92. The number of rotatable bonds is 4. The summed E-state index contributed by atoms with van der Waals surface area (Å²) in [6.07, 6.45) is 3.51. The SMILES string of the molecule is CN1CCC(CC(=O)NCc2ccccn2)C1. The van der Waals surface area contributed by atoms with Crippen LogP contribution in [-0.2, 0) is 11.3 Å². The fraction of sp³-hybridized carbons (Fsp3) is 0.538. The molecule has 2 rings (SSSR count). The Kier molecular flexibility index (Phi) is 4.09. The second kappa shape index (κ2) is 5.77. The van der Waals surface area contributed by atoms with Crippen molar-refractivity contribution in [2.45, 2.75) is 19.4 Å². The molecule has 1 aliphatic rings. The van der Waals surface area contributed by atoms with E-state index in [1.54, 1.807) is 6.20 Å². The lowest BCUT2D eigenvalue weighted by Crippen LogP contribution is -2.26. The average Bonchev–Trinajstić information content (AvgIpc) is 2.73. The number of pyridine rings is 1. The van der Waals surface area contributed by atoms with E-state index in [4.69, 9.17) is 0 Å². The Labute approximate surface area is 102 Å². The molecule has 1 aromatic rings. The van der Waals surface area contributed by atoms with Crippen LogP contribution in [0.1, 0.15) is 18.5 Å². The van der Waals surface area contributed by atoms with Crippen LogP contribution in [0.3, 0.4) is 0 Å². The van der Waals surface area contributed by atoms with E-state index in [0.717, 1.165) is 25.2 Å². The molecule has 1 fully saturated rings. The summed E-state index contributed by atoms with van der Waals surface area (Å²) in [4.78, 5) is 18.2. The van der Waals surface area contributed by atoms with Crippen molar-refractivity contribution in [1.29, 1.82) is 0 Å². The maximum absolute atomic E-state index is 11.7.